The van der Waals surface area contributed by atoms with E-state index >= 15 is 0 Å². The Morgan fingerprint density at radius 2 is 2.26 bits per heavy atom. The highest BCUT2D eigenvalue weighted by molar-refractivity contribution is 5.80. The molecule has 0 aliphatic carbocycles. The number of carbonyl (C=O) groups excluding carboxylic acids is 1. The summed E-state index contributed by atoms with van der Waals surface area (Å²) in [5.74, 6) is 1.67. The molecule has 1 fully saturated rings. The lowest BCUT2D eigenvalue weighted by molar-refractivity contribution is 0.0507. The lowest BCUT2D eigenvalue weighted by Gasteiger charge is -2.23. The molecule has 1 aliphatic rings. The molecule has 1 amide bonds. The number of rotatable bonds is 7. The molecule has 8 nitrogen and oxygen atoms in total. The molecule has 0 aromatic carbocycles. The highest BCUT2D eigenvalue weighted by atomic mass is 16.6. The van der Waals surface area contributed by atoms with Gasteiger partial charge in [-0.3, -0.25) is 4.99 Å². The number of furan rings is 1. The maximum Gasteiger partial charge on any atom is 0.407 e. The lowest BCUT2D eigenvalue weighted by atomic mass is 10.2. The van der Waals surface area contributed by atoms with Crippen molar-refractivity contribution >= 4 is 12.1 Å². The fourth-order valence-corrected chi connectivity index (χ4v) is 2.82. The number of hydrogen-bond donors (Lipinski definition) is 2. The molecule has 0 bridgehead atoms. The van der Waals surface area contributed by atoms with Crippen molar-refractivity contribution in [2.24, 2.45) is 4.99 Å². The summed E-state index contributed by atoms with van der Waals surface area (Å²) in [5.41, 5.74) is -0.487. The van der Waals surface area contributed by atoms with Crippen molar-refractivity contribution in [3.8, 4) is 0 Å². The predicted molar refractivity (Wildman–Crippen MR) is 104 cm³/mol. The zero-order valence-electron chi connectivity index (χ0n) is 16.8. The predicted octanol–water partition coefficient (Wildman–Crippen LogP) is 2.36. The van der Waals surface area contributed by atoms with E-state index in [1.807, 2.05) is 32.9 Å². The molecule has 0 spiro atoms. The number of ether oxygens (including phenoxy) is 2. The van der Waals surface area contributed by atoms with Crippen LogP contribution in [0.1, 0.15) is 39.4 Å². The van der Waals surface area contributed by atoms with E-state index in [0.29, 0.717) is 19.8 Å². The van der Waals surface area contributed by atoms with E-state index in [1.54, 1.807) is 13.3 Å². The first-order chi connectivity index (χ1) is 12.9. The Morgan fingerprint density at radius 3 is 2.93 bits per heavy atom. The summed E-state index contributed by atoms with van der Waals surface area (Å²) >= 11 is 0. The van der Waals surface area contributed by atoms with Crippen LogP contribution in [-0.2, 0) is 16.1 Å². The number of amides is 1. The third-order valence-electron chi connectivity index (χ3n) is 3.99. The molecule has 2 N–H and O–H groups in total. The van der Waals surface area contributed by atoms with Gasteiger partial charge in [-0.2, -0.15) is 0 Å². The number of alkyl carbamates (subject to hydrolysis) is 1. The lowest BCUT2D eigenvalue weighted by Crippen LogP contribution is -2.44. The van der Waals surface area contributed by atoms with Gasteiger partial charge in [0.25, 0.3) is 0 Å². The highest BCUT2D eigenvalue weighted by Crippen LogP contribution is 2.12. The van der Waals surface area contributed by atoms with Crippen LogP contribution in [0.3, 0.4) is 0 Å². The maximum absolute atomic E-state index is 11.9. The van der Waals surface area contributed by atoms with Gasteiger partial charge in [0.1, 0.15) is 18.0 Å². The van der Waals surface area contributed by atoms with Gasteiger partial charge in [0, 0.05) is 33.3 Å². The number of nitrogens with zero attached hydrogens (tertiary/aromatic N) is 2. The number of guanidine groups is 1. The van der Waals surface area contributed by atoms with Crippen molar-refractivity contribution in [2.45, 2.75) is 51.9 Å². The SMILES string of the molecule is CN=C(NCCCOCc1ccco1)N1CCC(NC(=O)OC(C)(C)C)C1. The number of likely N-dealkylation sites (tertiary alicyclic amines) is 1. The zero-order valence-corrected chi connectivity index (χ0v) is 16.8. The smallest absolute Gasteiger partial charge is 0.407 e. The van der Waals surface area contributed by atoms with Gasteiger partial charge in [-0.05, 0) is 45.7 Å². The Morgan fingerprint density at radius 1 is 1.44 bits per heavy atom. The van der Waals surface area contributed by atoms with E-state index in [1.165, 1.54) is 0 Å². The number of carbonyl (C=O) groups is 1. The minimum absolute atomic E-state index is 0.0648. The zero-order chi connectivity index (χ0) is 19.7. The van der Waals surface area contributed by atoms with Gasteiger partial charge in [0.05, 0.1) is 12.3 Å². The summed E-state index contributed by atoms with van der Waals surface area (Å²) in [6.07, 6.45) is 3.01. The Balaban J connectivity index is 1.62. The summed E-state index contributed by atoms with van der Waals surface area (Å²) in [4.78, 5) is 18.4. The quantitative estimate of drug-likeness (QED) is 0.429. The fourth-order valence-electron chi connectivity index (χ4n) is 2.82. The third-order valence-corrected chi connectivity index (χ3v) is 3.99. The van der Waals surface area contributed by atoms with Crippen LogP contribution in [0.15, 0.2) is 27.8 Å². The van der Waals surface area contributed by atoms with Crippen LogP contribution in [0, 0.1) is 0 Å². The second kappa shape index (κ2) is 10.2. The molecule has 0 saturated carbocycles. The molecule has 1 atom stereocenters. The van der Waals surface area contributed by atoms with Gasteiger partial charge < -0.3 is 29.4 Å². The first-order valence-electron chi connectivity index (χ1n) is 9.42. The van der Waals surface area contributed by atoms with E-state index in [2.05, 4.69) is 20.5 Å². The van der Waals surface area contributed by atoms with Crippen molar-refractivity contribution in [3.63, 3.8) is 0 Å². The molecule has 0 radical (unpaired) electrons. The largest absolute Gasteiger partial charge is 0.467 e. The van der Waals surface area contributed by atoms with E-state index in [0.717, 1.165) is 37.7 Å². The van der Waals surface area contributed by atoms with Gasteiger partial charge in [-0.1, -0.05) is 0 Å². The molecule has 2 heterocycles. The van der Waals surface area contributed by atoms with Crippen molar-refractivity contribution in [1.82, 2.24) is 15.5 Å². The fraction of sp³-hybridized carbons (Fsp3) is 0.684. The first-order valence-corrected chi connectivity index (χ1v) is 9.42. The second-order valence-corrected chi connectivity index (χ2v) is 7.54. The maximum atomic E-state index is 11.9. The molecule has 1 aliphatic heterocycles. The summed E-state index contributed by atoms with van der Waals surface area (Å²) in [5, 5.41) is 6.27. The molecule has 1 saturated heterocycles. The Hall–Kier alpha value is -2.22. The molecular formula is C19H32N4O4. The Kier molecular flexibility index (Phi) is 7.97. The molecule has 1 aromatic rings. The topological polar surface area (TPSA) is 88.3 Å². The molecule has 8 heteroatoms. The molecule has 2 rings (SSSR count). The second-order valence-electron chi connectivity index (χ2n) is 7.54. The van der Waals surface area contributed by atoms with Gasteiger partial charge in [-0.15, -0.1) is 0 Å². The van der Waals surface area contributed by atoms with Crippen LogP contribution >= 0.6 is 0 Å². The van der Waals surface area contributed by atoms with Crippen LogP contribution in [0.25, 0.3) is 0 Å². The van der Waals surface area contributed by atoms with Crippen molar-refractivity contribution in [3.05, 3.63) is 24.2 Å². The monoisotopic (exact) mass is 380 g/mol. The highest BCUT2D eigenvalue weighted by Gasteiger charge is 2.27. The van der Waals surface area contributed by atoms with Crippen molar-refractivity contribution < 1.29 is 18.7 Å². The minimum atomic E-state index is -0.487. The van der Waals surface area contributed by atoms with Crippen LogP contribution in [-0.4, -0.2) is 61.9 Å². The number of hydrogen-bond acceptors (Lipinski definition) is 5. The summed E-state index contributed by atoms with van der Waals surface area (Å²) in [6, 6.07) is 3.82. The molecular weight excluding hydrogens is 348 g/mol. The summed E-state index contributed by atoms with van der Waals surface area (Å²) in [7, 11) is 1.77. The van der Waals surface area contributed by atoms with E-state index < -0.39 is 5.60 Å². The minimum Gasteiger partial charge on any atom is -0.467 e. The average Bonchev–Trinajstić information content (AvgIpc) is 3.24. The molecule has 152 valence electrons. The average molecular weight is 380 g/mol. The summed E-state index contributed by atoms with van der Waals surface area (Å²) in [6.45, 7) is 9.04. The van der Waals surface area contributed by atoms with Crippen LogP contribution in [0.5, 0.6) is 0 Å². The Labute approximate surface area is 161 Å². The molecule has 27 heavy (non-hydrogen) atoms. The number of aliphatic imine (C=N–C) groups is 1. The summed E-state index contributed by atoms with van der Waals surface area (Å²) < 4.78 is 16.1. The van der Waals surface area contributed by atoms with Gasteiger partial charge in [0.15, 0.2) is 5.96 Å². The van der Waals surface area contributed by atoms with Crippen LogP contribution in [0.4, 0.5) is 4.79 Å². The molecule has 1 aromatic heterocycles. The van der Waals surface area contributed by atoms with E-state index in [-0.39, 0.29) is 12.1 Å². The standard InChI is InChI=1S/C19H32N4O4/c1-19(2,3)27-18(24)22-15-8-10-23(13-15)17(20-4)21-9-6-11-25-14-16-7-5-12-26-16/h5,7,12,15H,6,8-11,13-14H2,1-4H3,(H,20,21)(H,22,24). The number of nitrogens with one attached hydrogen (secondary N) is 2. The van der Waals surface area contributed by atoms with Gasteiger partial charge in [0.2, 0.25) is 0 Å². The van der Waals surface area contributed by atoms with Crippen molar-refractivity contribution in [1.29, 1.82) is 0 Å². The normalized spacial score (nSPS) is 17.9. The Bertz CT molecular complexity index is 595. The molecule has 1 unspecified atom stereocenters. The van der Waals surface area contributed by atoms with Crippen LogP contribution in [0.2, 0.25) is 0 Å². The van der Waals surface area contributed by atoms with Gasteiger partial charge >= 0.3 is 6.09 Å². The van der Waals surface area contributed by atoms with Crippen molar-refractivity contribution in [2.75, 3.05) is 33.3 Å². The van der Waals surface area contributed by atoms with Crippen LogP contribution < -0.4 is 10.6 Å². The first kappa shape index (κ1) is 21.1. The third kappa shape index (κ3) is 7.90. The van der Waals surface area contributed by atoms with Gasteiger partial charge in [-0.25, -0.2) is 4.79 Å². The van der Waals surface area contributed by atoms with E-state index in [9.17, 15) is 4.79 Å². The van der Waals surface area contributed by atoms with E-state index in [4.69, 9.17) is 13.9 Å².